The van der Waals surface area contributed by atoms with E-state index < -0.39 is 0 Å². The lowest BCUT2D eigenvalue weighted by atomic mass is 10.1. The van der Waals surface area contributed by atoms with Gasteiger partial charge in [0, 0.05) is 19.1 Å². The predicted octanol–water partition coefficient (Wildman–Crippen LogP) is 2.16. The van der Waals surface area contributed by atoms with Gasteiger partial charge >= 0.3 is 0 Å². The maximum absolute atomic E-state index is 12.8. The van der Waals surface area contributed by atoms with Gasteiger partial charge in [-0.2, -0.15) is 0 Å². The molecule has 17 heavy (non-hydrogen) atoms. The van der Waals surface area contributed by atoms with Gasteiger partial charge < -0.3 is 10.6 Å². The lowest BCUT2D eigenvalue weighted by molar-refractivity contribution is 0.288. The second-order valence-corrected chi connectivity index (χ2v) is 4.87. The summed E-state index contributed by atoms with van der Waals surface area (Å²) in [6, 6.07) is 6.91. The van der Waals surface area contributed by atoms with Crippen LogP contribution in [-0.2, 0) is 6.54 Å². The molecule has 1 aromatic carbocycles. The van der Waals surface area contributed by atoms with Gasteiger partial charge in [0.1, 0.15) is 5.82 Å². The van der Waals surface area contributed by atoms with Crippen molar-refractivity contribution in [2.45, 2.75) is 19.0 Å². The van der Waals surface area contributed by atoms with Crippen molar-refractivity contribution in [1.82, 2.24) is 4.90 Å². The molecule has 0 radical (unpaired) electrons. The molecule has 0 amide bonds. The van der Waals surface area contributed by atoms with Crippen LogP contribution >= 0.6 is 0 Å². The number of rotatable bonds is 4. The van der Waals surface area contributed by atoms with Crippen LogP contribution in [-0.4, -0.2) is 24.5 Å². The van der Waals surface area contributed by atoms with Crippen LogP contribution in [0, 0.1) is 11.7 Å². The van der Waals surface area contributed by atoms with Crippen molar-refractivity contribution in [3.8, 4) is 0 Å². The SMILES string of the molecule is CN(Cc1ccc(F)cc1)CC1C=CC(N)C1. The largest absolute Gasteiger partial charge is 0.324 e. The predicted molar refractivity (Wildman–Crippen MR) is 68.0 cm³/mol. The Hall–Kier alpha value is -1.19. The third-order valence-electron chi connectivity index (χ3n) is 3.12. The van der Waals surface area contributed by atoms with E-state index in [4.69, 9.17) is 5.73 Å². The van der Waals surface area contributed by atoms with E-state index in [0.717, 1.165) is 25.1 Å². The lowest BCUT2D eigenvalue weighted by Gasteiger charge is -2.20. The summed E-state index contributed by atoms with van der Waals surface area (Å²) in [4.78, 5) is 2.25. The molecular weight excluding hydrogens is 215 g/mol. The van der Waals surface area contributed by atoms with Crippen LogP contribution in [0.25, 0.3) is 0 Å². The highest BCUT2D eigenvalue weighted by molar-refractivity contribution is 5.16. The summed E-state index contributed by atoms with van der Waals surface area (Å²) in [5.74, 6) is 0.372. The zero-order chi connectivity index (χ0) is 12.3. The minimum Gasteiger partial charge on any atom is -0.324 e. The second kappa shape index (κ2) is 5.43. The van der Waals surface area contributed by atoms with Gasteiger partial charge in [0.15, 0.2) is 0 Å². The van der Waals surface area contributed by atoms with Crippen LogP contribution in [0.2, 0.25) is 0 Å². The fourth-order valence-electron chi connectivity index (χ4n) is 2.31. The van der Waals surface area contributed by atoms with Crippen molar-refractivity contribution in [3.63, 3.8) is 0 Å². The average molecular weight is 234 g/mol. The topological polar surface area (TPSA) is 29.3 Å². The maximum Gasteiger partial charge on any atom is 0.123 e. The molecule has 2 unspecified atom stereocenters. The van der Waals surface area contributed by atoms with Crippen LogP contribution in [0.5, 0.6) is 0 Å². The molecule has 0 saturated carbocycles. The Labute approximate surface area is 102 Å². The molecule has 0 fully saturated rings. The van der Waals surface area contributed by atoms with E-state index in [9.17, 15) is 4.39 Å². The molecule has 1 aromatic rings. The Balaban J connectivity index is 1.83. The Morgan fingerprint density at radius 2 is 2.00 bits per heavy atom. The summed E-state index contributed by atoms with van der Waals surface area (Å²) in [7, 11) is 2.08. The van der Waals surface area contributed by atoms with Gasteiger partial charge in [-0.25, -0.2) is 4.39 Å². The minimum atomic E-state index is -0.180. The molecule has 0 heterocycles. The molecule has 3 heteroatoms. The zero-order valence-electron chi connectivity index (χ0n) is 10.1. The van der Waals surface area contributed by atoms with Crippen molar-refractivity contribution in [2.75, 3.05) is 13.6 Å². The van der Waals surface area contributed by atoms with Gasteiger partial charge in [-0.1, -0.05) is 24.3 Å². The third-order valence-corrected chi connectivity index (χ3v) is 3.12. The molecule has 0 saturated heterocycles. The van der Waals surface area contributed by atoms with Gasteiger partial charge in [0.05, 0.1) is 0 Å². The van der Waals surface area contributed by atoms with E-state index in [2.05, 4.69) is 24.1 Å². The van der Waals surface area contributed by atoms with Crippen LogP contribution in [0.3, 0.4) is 0 Å². The van der Waals surface area contributed by atoms with Gasteiger partial charge in [0.25, 0.3) is 0 Å². The first kappa shape index (κ1) is 12.3. The fraction of sp³-hybridized carbons (Fsp3) is 0.429. The summed E-state index contributed by atoms with van der Waals surface area (Å²) in [6.45, 7) is 1.85. The highest BCUT2D eigenvalue weighted by Gasteiger charge is 2.17. The Bertz CT molecular complexity index is 386. The zero-order valence-corrected chi connectivity index (χ0v) is 10.1. The highest BCUT2D eigenvalue weighted by atomic mass is 19.1. The van der Waals surface area contributed by atoms with E-state index in [1.54, 1.807) is 0 Å². The smallest absolute Gasteiger partial charge is 0.123 e. The fourth-order valence-corrected chi connectivity index (χ4v) is 2.31. The van der Waals surface area contributed by atoms with E-state index in [1.165, 1.54) is 12.1 Å². The van der Waals surface area contributed by atoms with Crippen LogP contribution in [0.1, 0.15) is 12.0 Å². The van der Waals surface area contributed by atoms with Crippen molar-refractivity contribution in [3.05, 3.63) is 47.8 Å². The number of hydrogen-bond acceptors (Lipinski definition) is 2. The van der Waals surface area contributed by atoms with Gasteiger partial charge in [-0.3, -0.25) is 0 Å². The number of nitrogens with two attached hydrogens (primary N) is 1. The Morgan fingerprint density at radius 1 is 1.29 bits per heavy atom. The van der Waals surface area contributed by atoms with Crippen LogP contribution in [0.4, 0.5) is 4.39 Å². The molecule has 2 atom stereocenters. The number of benzene rings is 1. The molecule has 0 aliphatic heterocycles. The van der Waals surface area contributed by atoms with E-state index >= 15 is 0 Å². The van der Waals surface area contributed by atoms with Crippen molar-refractivity contribution >= 4 is 0 Å². The molecule has 92 valence electrons. The minimum absolute atomic E-state index is 0.180. The molecule has 0 aromatic heterocycles. The molecule has 2 rings (SSSR count). The van der Waals surface area contributed by atoms with Crippen molar-refractivity contribution < 1.29 is 4.39 Å². The Kier molecular flexibility index (Phi) is 3.92. The molecule has 1 aliphatic rings. The van der Waals surface area contributed by atoms with Crippen molar-refractivity contribution in [1.29, 1.82) is 0 Å². The first-order chi connectivity index (χ1) is 8.13. The van der Waals surface area contributed by atoms with E-state index in [-0.39, 0.29) is 11.9 Å². The summed E-state index contributed by atoms with van der Waals surface area (Å²) in [6.07, 6.45) is 5.32. The van der Waals surface area contributed by atoms with Crippen LogP contribution < -0.4 is 5.73 Å². The quantitative estimate of drug-likeness (QED) is 0.809. The van der Waals surface area contributed by atoms with Gasteiger partial charge in [-0.15, -0.1) is 0 Å². The summed E-state index contributed by atoms with van der Waals surface area (Å²) in [5.41, 5.74) is 6.96. The van der Waals surface area contributed by atoms with Gasteiger partial charge in [0.2, 0.25) is 0 Å². The first-order valence-corrected chi connectivity index (χ1v) is 6.00. The standard InChI is InChI=1S/C14H19FN2/c1-17(10-12-4-7-14(16)8-12)9-11-2-5-13(15)6-3-11/h2-7,12,14H,8-10,16H2,1H3. The second-order valence-electron chi connectivity index (χ2n) is 4.87. The summed E-state index contributed by atoms with van der Waals surface area (Å²) < 4.78 is 12.8. The molecule has 0 bridgehead atoms. The number of hydrogen-bond donors (Lipinski definition) is 1. The summed E-state index contributed by atoms with van der Waals surface area (Å²) >= 11 is 0. The normalized spacial score (nSPS) is 23.5. The molecule has 2 nitrogen and oxygen atoms in total. The number of nitrogens with zero attached hydrogens (tertiary/aromatic N) is 1. The highest BCUT2D eigenvalue weighted by Crippen LogP contribution is 2.18. The first-order valence-electron chi connectivity index (χ1n) is 6.00. The van der Waals surface area contributed by atoms with E-state index in [0.29, 0.717) is 5.92 Å². The van der Waals surface area contributed by atoms with Gasteiger partial charge in [-0.05, 0) is 37.1 Å². The van der Waals surface area contributed by atoms with E-state index in [1.807, 2.05) is 12.1 Å². The lowest BCUT2D eigenvalue weighted by Crippen LogP contribution is -2.25. The maximum atomic E-state index is 12.8. The summed E-state index contributed by atoms with van der Waals surface area (Å²) in [5, 5.41) is 0. The monoisotopic (exact) mass is 234 g/mol. The number of halogens is 1. The van der Waals surface area contributed by atoms with Crippen molar-refractivity contribution in [2.24, 2.45) is 11.7 Å². The molecular formula is C14H19FN2. The Morgan fingerprint density at radius 3 is 2.59 bits per heavy atom. The molecule has 1 aliphatic carbocycles. The molecule has 0 spiro atoms. The average Bonchev–Trinajstić information content (AvgIpc) is 2.67. The van der Waals surface area contributed by atoms with Crippen LogP contribution in [0.15, 0.2) is 36.4 Å². The molecule has 2 N–H and O–H groups in total. The third kappa shape index (κ3) is 3.65.